The van der Waals surface area contributed by atoms with Gasteiger partial charge in [0.05, 0.1) is 12.2 Å². The summed E-state index contributed by atoms with van der Waals surface area (Å²) >= 11 is 6.92. The van der Waals surface area contributed by atoms with Gasteiger partial charge in [0.2, 0.25) is 17.2 Å². The van der Waals surface area contributed by atoms with Gasteiger partial charge >= 0.3 is 0 Å². The molecule has 5 rings (SSSR count). The Hall–Kier alpha value is -1.26. The number of unbranched alkanes of at least 4 members (excludes halogenated alkanes) is 16. The van der Waals surface area contributed by atoms with Gasteiger partial charge in [-0.25, -0.2) is 0 Å². The molecule has 0 bridgehead atoms. The first-order chi connectivity index (χ1) is 32.0. The summed E-state index contributed by atoms with van der Waals surface area (Å²) in [5.74, 6) is 2.08. The van der Waals surface area contributed by atoms with Crippen molar-refractivity contribution in [3.8, 4) is 0 Å². The van der Waals surface area contributed by atoms with Crippen LogP contribution in [0.2, 0.25) is 5.28 Å². The Kier molecular flexibility index (Phi) is 23.8. The molecule has 2 aliphatic heterocycles. The van der Waals surface area contributed by atoms with Gasteiger partial charge in [0.25, 0.3) is 0 Å². The number of aromatic nitrogens is 3. The molecule has 0 radical (unpaired) electrons. The van der Waals surface area contributed by atoms with Crippen molar-refractivity contribution in [3.63, 3.8) is 0 Å². The van der Waals surface area contributed by atoms with Crippen LogP contribution in [0, 0.1) is 11.8 Å². The standard InChI is InChI=1S/C57H106ClN7O2/c1-11-13-15-17-19-21-23-25-33-39-49(45-41-54(3,4)64(55(5,6)42-45)66-47-35-29-27-30-36-47)59-52-61-51(58)62-53(63-52)60-50(40-34-26-24-22-20-18-16-14-12-2)46-43-56(7,8)65(57(9,10)44-46)67-48-37-31-28-32-38-48/h45-50H,11-44H2,1-10H3,(H2,59,60,61,62,63). The van der Waals surface area contributed by atoms with Gasteiger partial charge < -0.3 is 10.6 Å². The SMILES string of the molecule is CCCCCCCCCCCC(Nc1nc(Cl)nc(NC(CCCCCCCCCCC)C2CC(C)(C)N(OC3CCCCC3)C(C)(C)C2)n1)C1CC(C)(C)N(OC2CCCCC2)C(C)(C)C1. The van der Waals surface area contributed by atoms with Crippen LogP contribution in [0.15, 0.2) is 0 Å². The number of hydroxylamine groups is 4. The summed E-state index contributed by atoms with van der Waals surface area (Å²) in [5, 5.41) is 13.0. The summed E-state index contributed by atoms with van der Waals surface area (Å²) in [6.07, 6.45) is 43.4. The average molecular weight is 957 g/mol. The highest BCUT2D eigenvalue weighted by atomic mass is 35.5. The second-order valence-electron chi connectivity index (χ2n) is 24.9. The zero-order valence-corrected chi connectivity index (χ0v) is 46.2. The Morgan fingerprint density at radius 2 is 0.761 bits per heavy atom. The quantitative estimate of drug-likeness (QED) is 0.0732. The number of hydrogen-bond donors (Lipinski definition) is 2. The van der Waals surface area contributed by atoms with Crippen LogP contribution in [0.5, 0.6) is 0 Å². The lowest BCUT2D eigenvalue weighted by Gasteiger charge is -2.56. The fraction of sp³-hybridized carbons (Fsp3) is 0.947. The molecule has 10 heteroatoms. The first-order valence-corrected chi connectivity index (χ1v) is 29.3. The lowest BCUT2D eigenvalue weighted by molar-refractivity contribution is -0.314. The maximum absolute atomic E-state index is 6.96. The number of halogens is 1. The van der Waals surface area contributed by atoms with Crippen molar-refractivity contribution < 1.29 is 9.68 Å². The molecule has 4 aliphatic rings. The molecule has 3 heterocycles. The van der Waals surface area contributed by atoms with E-state index in [1.165, 1.54) is 180 Å². The van der Waals surface area contributed by atoms with Crippen LogP contribution in [0.1, 0.15) is 288 Å². The minimum atomic E-state index is -0.105. The molecule has 2 unspecified atom stereocenters. The topological polar surface area (TPSA) is 87.7 Å². The Balaban J connectivity index is 1.32. The van der Waals surface area contributed by atoms with Crippen molar-refractivity contribution in [1.29, 1.82) is 0 Å². The number of anilines is 2. The van der Waals surface area contributed by atoms with Crippen molar-refractivity contribution in [2.75, 3.05) is 10.6 Å². The molecular weight excluding hydrogens is 850 g/mol. The highest BCUT2D eigenvalue weighted by Crippen LogP contribution is 2.47. The van der Waals surface area contributed by atoms with E-state index in [0.717, 1.165) is 38.5 Å². The lowest BCUT2D eigenvalue weighted by atomic mass is 9.71. The van der Waals surface area contributed by atoms with Gasteiger partial charge in [-0.15, -0.1) is 0 Å². The van der Waals surface area contributed by atoms with Crippen LogP contribution < -0.4 is 10.6 Å². The van der Waals surface area contributed by atoms with Crippen molar-refractivity contribution in [2.24, 2.45) is 11.8 Å². The largest absolute Gasteiger partial charge is 0.351 e. The molecule has 2 aliphatic carbocycles. The number of piperidine rings is 2. The number of nitrogens with zero attached hydrogens (tertiary/aromatic N) is 5. The zero-order chi connectivity index (χ0) is 48.3. The van der Waals surface area contributed by atoms with Gasteiger partial charge in [-0.3, -0.25) is 9.68 Å². The van der Waals surface area contributed by atoms with E-state index < -0.39 is 0 Å². The monoisotopic (exact) mass is 956 g/mol. The van der Waals surface area contributed by atoms with Gasteiger partial charge in [-0.1, -0.05) is 168 Å². The summed E-state index contributed by atoms with van der Waals surface area (Å²) < 4.78 is 0. The highest BCUT2D eigenvalue weighted by molar-refractivity contribution is 6.28. The first kappa shape index (κ1) is 56.7. The third kappa shape index (κ3) is 18.7. The average Bonchev–Trinajstić information content (AvgIpc) is 3.27. The van der Waals surface area contributed by atoms with Crippen molar-refractivity contribution in [1.82, 2.24) is 25.1 Å². The molecule has 4 fully saturated rings. The summed E-state index contributed by atoms with van der Waals surface area (Å²) in [5.41, 5.74) is -0.418. The summed E-state index contributed by atoms with van der Waals surface area (Å²) in [4.78, 5) is 28.8. The molecule has 1 aromatic heterocycles. The van der Waals surface area contributed by atoms with E-state index in [1.54, 1.807) is 0 Å². The molecule has 2 atom stereocenters. The third-order valence-electron chi connectivity index (χ3n) is 16.5. The fourth-order valence-electron chi connectivity index (χ4n) is 13.5. The van der Waals surface area contributed by atoms with Crippen LogP contribution >= 0.6 is 11.6 Å². The second kappa shape index (κ2) is 28.1. The number of nitrogens with one attached hydrogen (secondary N) is 2. The van der Waals surface area contributed by atoms with E-state index in [9.17, 15) is 0 Å². The van der Waals surface area contributed by atoms with Crippen LogP contribution in [-0.2, 0) is 9.68 Å². The van der Waals surface area contributed by atoms with Gasteiger partial charge in [0, 0.05) is 34.2 Å². The minimum Gasteiger partial charge on any atom is -0.351 e. The van der Waals surface area contributed by atoms with Gasteiger partial charge in [0.1, 0.15) is 0 Å². The number of rotatable bonds is 30. The molecular formula is C57H106ClN7O2. The Labute approximate surface area is 418 Å². The summed E-state index contributed by atoms with van der Waals surface area (Å²) in [6, 6.07) is 0.443. The molecule has 0 aromatic carbocycles. The Morgan fingerprint density at radius 3 is 1.07 bits per heavy atom. The van der Waals surface area contributed by atoms with Crippen molar-refractivity contribution in [3.05, 3.63) is 5.28 Å². The minimum absolute atomic E-state index is 0.105. The van der Waals surface area contributed by atoms with E-state index >= 15 is 0 Å². The number of hydrogen-bond acceptors (Lipinski definition) is 9. The molecule has 0 spiro atoms. The van der Waals surface area contributed by atoms with Crippen molar-refractivity contribution in [2.45, 2.75) is 334 Å². The molecule has 0 amide bonds. The van der Waals surface area contributed by atoms with E-state index in [1.807, 2.05) is 0 Å². The molecule has 2 N–H and O–H groups in total. The molecule has 388 valence electrons. The lowest BCUT2D eigenvalue weighted by Crippen LogP contribution is -2.63. The normalized spacial score (nSPS) is 23.0. The van der Waals surface area contributed by atoms with Gasteiger partial charge in [-0.05, 0) is 143 Å². The highest BCUT2D eigenvalue weighted by Gasteiger charge is 2.51. The smallest absolute Gasteiger partial charge is 0.229 e. The molecule has 1 aromatic rings. The van der Waals surface area contributed by atoms with E-state index in [-0.39, 0.29) is 39.5 Å². The van der Waals surface area contributed by atoms with Crippen LogP contribution in [0.3, 0.4) is 0 Å². The predicted octanol–water partition coefficient (Wildman–Crippen LogP) is 17.0. The van der Waals surface area contributed by atoms with Gasteiger partial charge in [0.15, 0.2) is 0 Å². The Morgan fingerprint density at radius 1 is 0.463 bits per heavy atom. The van der Waals surface area contributed by atoms with Crippen LogP contribution in [0.25, 0.3) is 0 Å². The zero-order valence-electron chi connectivity index (χ0n) is 45.4. The molecule has 2 saturated heterocycles. The van der Waals surface area contributed by atoms with Crippen LogP contribution in [0.4, 0.5) is 11.9 Å². The van der Waals surface area contributed by atoms with E-state index in [4.69, 9.17) is 36.2 Å². The fourth-order valence-corrected chi connectivity index (χ4v) is 13.6. The van der Waals surface area contributed by atoms with E-state index in [2.05, 4.69) is 90.0 Å². The maximum atomic E-state index is 6.96. The van der Waals surface area contributed by atoms with Crippen LogP contribution in [-0.4, -0.2) is 71.5 Å². The maximum Gasteiger partial charge on any atom is 0.229 e. The Bertz CT molecular complexity index is 1370. The van der Waals surface area contributed by atoms with Crippen molar-refractivity contribution >= 4 is 23.5 Å². The summed E-state index contributed by atoms with van der Waals surface area (Å²) in [7, 11) is 0. The first-order valence-electron chi connectivity index (χ1n) is 28.9. The molecule has 9 nitrogen and oxygen atoms in total. The third-order valence-corrected chi connectivity index (χ3v) is 16.6. The van der Waals surface area contributed by atoms with Gasteiger partial charge in [-0.2, -0.15) is 25.1 Å². The van der Waals surface area contributed by atoms with E-state index in [0.29, 0.717) is 35.9 Å². The summed E-state index contributed by atoms with van der Waals surface area (Å²) in [6.45, 7) is 23.9. The second-order valence-corrected chi connectivity index (χ2v) is 25.2. The molecule has 2 saturated carbocycles. The predicted molar refractivity (Wildman–Crippen MR) is 285 cm³/mol. The molecule has 67 heavy (non-hydrogen) atoms.